The van der Waals surface area contributed by atoms with Gasteiger partial charge in [0.25, 0.3) is 0 Å². The zero-order valence-corrected chi connectivity index (χ0v) is 16.7. The van der Waals surface area contributed by atoms with Gasteiger partial charge in [-0.25, -0.2) is 23.4 Å². The molecule has 158 valence electrons. The molecule has 0 spiro atoms. The lowest BCUT2D eigenvalue weighted by Gasteiger charge is -2.11. The van der Waals surface area contributed by atoms with E-state index in [9.17, 15) is 13.6 Å². The van der Waals surface area contributed by atoms with E-state index in [2.05, 4.69) is 30.9 Å². The van der Waals surface area contributed by atoms with Crippen LogP contribution in [0.3, 0.4) is 0 Å². The molecule has 1 aliphatic heterocycles. The number of carbonyl (C=O) groups is 1. The highest BCUT2D eigenvalue weighted by Crippen LogP contribution is 2.26. The number of pyridine rings is 1. The third kappa shape index (κ3) is 3.82. The van der Waals surface area contributed by atoms with Gasteiger partial charge in [-0.05, 0) is 30.7 Å². The van der Waals surface area contributed by atoms with E-state index in [-0.39, 0.29) is 17.6 Å². The molecule has 4 aromatic rings. The fourth-order valence-electron chi connectivity index (χ4n) is 3.47. The van der Waals surface area contributed by atoms with Crippen molar-refractivity contribution < 1.29 is 13.6 Å². The van der Waals surface area contributed by atoms with Crippen LogP contribution in [0.2, 0.25) is 0 Å². The van der Waals surface area contributed by atoms with E-state index in [0.717, 1.165) is 22.5 Å². The van der Waals surface area contributed by atoms with E-state index in [1.807, 2.05) is 6.07 Å². The van der Waals surface area contributed by atoms with Gasteiger partial charge in [0, 0.05) is 18.3 Å². The standard InChI is InChI=1S/C19H16F2N8OS/c20-11-2-1-9(5-12(11)21)24-17(30)15-6-10(7-23-15)29-8-16(27-28-29)13-3-4-14-18(25-13)31-19(22)26-14/h1-5,8,10,15,23H,6-7H2,(H2,22,26)(H,24,30)/t10-,15-/m0/s1. The summed E-state index contributed by atoms with van der Waals surface area (Å²) in [6.07, 6.45) is 2.25. The zero-order valence-electron chi connectivity index (χ0n) is 15.9. The number of carbonyl (C=O) groups excluding carboxylic acids is 1. The summed E-state index contributed by atoms with van der Waals surface area (Å²) in [6.45, 7) is 0.510. The quantitative estimate of drug-likeness (QED) is 0.443. The molecule has 1 fully saturated rings. The van der Waals surface area contributed by atoms with Gasteiger partial charge in [0.2, 0.25) is 5.91 Å². The van der Waals surface area contributed by atoms with Crippen molar-refractivity contribution in [2.24, 2.45) is 0 Å². The smallest absolute Gasteiger partial charge is 0.241 e. The first-order valence-electron chi connectivity index (χ1n) is 9.41. The lowest BCUT2D eigenvalue weighted by atomic mass is 10.1. The van der Waals surface area contributed by atoms with Crippen LogP contribution in [0, 0.1) is 11.6 Å². The Morgan fingerprint density at radius 1 is 1.19 bits per heavy atom. The first-order valence-corrected chi connectivity index (χ1v) is 10.2. The van der Waals surface area contributed by atoms with Gasteiger partial charge in [-0.1, -0.05) is 16.6 Å². The summed E-state index contributed by atoms with van der Waals surface area (Å²) in [5.74, 6) is -2.31. The number of halogens is 2. The number of fused-ring (bicyclic) bond motifs is 1. The van der Waals surface area contributed by atoms with Crippen LogP contribution in [0.5, 0.6) is 0 Å². The fraction of sp³-hybridized carbons (Fsp3) is 0.211. The fourth-order valence-corrected chi connectivity index (χ4v) is 4.17. The molecule has 4 heterocycles. The molecule has 1 aromatic carbocycles. The van der Waals surface area contributed by atoms with Crippen LogP contribution in [-0.2, 0) is 4.79 Å². The minimum Gasteiger partial charge on any atom is -0.375 e. The van der Waals surface area contributed by atoms with Crippen LogP contribution in [0.15, 0.2) is 36.5 Å². The predicted octanol–water partition coefficient (Wildman–Crippen LogP) is 2.35. The average Bonchev–Trinajstić information content (AvgIpc) is 3.48. The van der Waals surface area contributed by atoms with E-state index < -0.39 is 17.7 Å². The lowest BCUT2D eigenvalue weighted by molar-refractivity contribution is -0.117. The Bertz CT molecular complexity index is 1290. The maximum Gasteiger partial charge on any atom is 0.241 e. The summed E-state index contributed by atoms with van der Waals surface area (Å²) in [5, 5.41) is 14.6. The molecule has 9 nitrogen and oxygen atoms in total. The number of aromatic nitrogens is 5. The number of nitrogens with zero attached hydrogens (tertiary/aromatic N) is 5. The first kappa shape index (κ1) is 19.5. The Morgan fingerprint density at radius 2 is 2.06 bits per heavy atom. The molecule has 5 rings (SSSR count). The minimum absolute atomic E-state index is 0.0928. The number of benzene rings is 1. The third-order valence-electron chi connectivity index (χ3n) is 5.03. The van der Waals surface area contributed by atoms with Gasteiger partial charge in [0.05, 0.1) is 24.0 Å². The summed E-state index contributed by atoms with van der Waals surface area (Å²) >= 11 is 1.30. The van der Waals surface area contributed by atoms with Gasteiger partial charge in [0.1, 0.15) is 16.0 Å². The maximum absolute atomic E-state index is 13.3. The summed E-state index contributed by atoms with van der Waals surface area (Å²) in [6, 6.07) is 6.28. The second kappa shape index (κ2) is 7.63. The van der Waals surface area contributed by atoms with Crippen molar-refractivity contribution in [3.63, 3.8) is 0 Å². The molecule has 12 heteroatoms. The highest BCUT2D eigenvalue weighted by atomic mass is 32.1. The third-order valence-corrected chi connectivity index (χ3v) is 5.82. The molecule has 0 aliphatic carbocycles. The molecule has 1 saturated heterocycles. The SMILES string of the molecule is Nc1nc2ccc(-c3cn([C@@H]4CN[C@H](C(=O)Nc5ccc(F)c(F)c5)C4)nn3)nc2s1. The van der Waals surface area contributed by atoms with Crippen LogP contribution in [-0.4, -0.2) is 43.5 Å². The van der Waals surface area contributed by atoms with Crippen LogP contribution >= 0.6 is 11.3 Å². The monoisotopic (exact) mass is 442 g/mol. The van der Waals surface area contributed by atoms with Crippen molar-refractivity contribution in [1.82, 2.24) is 30.3 Å². The predicted molar refractivity (Wildman–Crippen MR) is 111 cm³/mol. The highest BCUT2D eigenvalue weighted by Gasteiger charge is 2.31. The molecule has 0 saturated carbocycles. The Hall–Kier alpha value is -3.51. The van der Waals surface area contributed by atoms with E-state index in [0.29, 0.717) is 29.5 Å². The van der Waals surface area contributed by atoms with E-state index >= 15 is 0 Å². The van der Waals surface area contributed by atoms with Crippen molar-refractivity contribution >= 4 is 38.4 Å². The van der Waals surface area contributed by atoms with Crippen LogP contribution < -0.4 is 16.4 Å². The van der Waals surface area contributed by atoms with Gasteiger partial charge in [0.15, 0.2) is 16.8 Å². The average molecular weight is 442 g/mol. The number of nitrogens with two attached hydrogens (primary N) is 1. The van der Waals surface area contributed by atoms with Crippen molar-refractivity contribution in [2.45, 2.75) is 18.5 Å². The number of anilines is 2. The second-order valence-corrected chi connectivity index (χ2v) is 8.13. The Balaban J connectivity index is 1.27. The highest BCUT2D eigenvalue weighted by molar-refractivity contribution is 7.21. The maximum atomic E-state index is 13.3. The van der Waals surface area contributed by atoms with Crippen LogP contribution in [0.25, 0.3) is 21.7 Å². The van der Waals surface area contributed by atoms with Gasteiger partial charge in [-0.15, -0.1) is 5.10 Å². The van der Waals surface area contributed by atoms with Crippen molar-refractivity contribution in [1.29, 1.82) is 0 Å². The normalized spacial score (nSPS) is 18.5. The Labute approximate surface area is 178 Å². The summed E-state index contributed by atoms with van der Waals surface area (Å²) < 4.78 is 28.1. The number of hydrogen-bond acceptors (Lipinski definition) is 8. The number of rotatable bonds is 4. The van der Waals surface area contributed by atoms with E-state index in [1.165, 1.54) is 17.4 Å². The zero-order chi connectivity index (χ0) is 21.5. The van der Waals surface area contributed by atoms with Crippen molar-refractivity contribution in [3.05, 3.63) is 48.2 Å². The summed E-state index contributed by atoms with van der Waals surface area (Å²) in [4.78, 5) is 21.9. The largest absolute Gasteiger partial charge is 0.375 e. The van der Waals surface area contributed by atoms with E-state index in [1.54, 1.807) is 16.9 Å². The van der Waals surface area contributed by atoms with Gasteiger partial charge < -0.3 is 16.4 Å². The topological polar surface area (TPSA) is 124 Å². The Morgan fingerprint density at radius 3 is 2.90 bits per heavy atom. The summed E-state index contributed by atoms with van der Waals surface area (Å²) in [5.41, 5.74) is 7.91. The molecule has 31 heavy (non-hydrogen) atoms. The molecular weight excluding hydrogens is 426 g/mol. The molecule has 2 atom stereocenters. The number of thiazole rings is 1. The molecule has 0 bridgehead atoms. The molecule has 1 aliphatic rings. The number of hydrogen-bond donors (Lipinski definition) is 3. The van der Waals surface area contributed by atoms with E-state index in [4.69, 9.17) is 5.73 Å². The second-order valence-electron chi connectivity index (χ2n) is 7.13. The molecule has 4 N–H and O–H groups in total. The number of amides is 1. The van der Waals surface area contributed by atoms with Crippen molar-refractivity contribution in [2.75, 3.05) is 17.6 Å². The molecular formula is C19H16F2N8OS. The molecule has 1 amide bonds. The first-order chi connectivity index (χ1) is 15.0. The minimum atomic E-state index is -1.02. The van der Waals surface area contributed by atoms with Crippen molar-refractivity contribution in [3.8, 4) is 11.4 Å². The van der Waals surface area contributed by atoms with Crippen LogP contribution in [0.1, 0.15) is 12.5 Å². The number of nitrogen functional groups attached to an aromatic ring is 1. The molecule has 0 radical (unpaired) electrons. The molecule has 3 aromatic heterocycles. The molecule has 0 unspecified atom stereocenters. The van der Waals surface area contributed by atoms with Gasteiger partial charge >= 0.3 is 0 Å². The summed E-state index contributed by atoms with van der Waals surface area (Å²) in [7, 11) is 0. The van der Waals surface area contributed by atoms with Crippen LogP contribution in [0.4, 0.5) is 19.6 Å². The van der Waals surface area contributed by atoms with Gasteiger partial charge in [-0.2, -0.15) is 0 Å². The number of nitrogens with one attached hydrogen (secondary N) is 2. The van der Waals surface area contributed by atoms with Gasteiger partial charge in [-0.3, -0.25) is 4.79 Å². The Kier molecular flexibility index (Phi) is 4.79. The lowest BCUT2D eigenvalue weighted by Crippen LogP contribution is -2.35.